The van der Waals surface area contributed by atoms with Gasteiger partial charge in [0.15, 0.2) is 8.68 Å². The summed E-state index contributed by atoms with van der Waals surface area (Å²) in [7, 11) is 0. The number of rotatable bonds is 5. The molecule has 0 saturated carbocycles. The van der Waals surface area contributed by atoms with Crippen LogP contribution in [0.2, 0.25) is 0 Å². The monoisotopic (exact) mass is 337 g/mol. The summed E-state index contributed by atoms with van der Waals surface area (Å²) in [5.41, 5.74) is 1.09. The highest BCUT2D eigenvalue weighted by atomic mass is 32.2. The third kappa shape index (κ3) is 3.22. The maximum atomic E-state index is 11.0. The summed E-state index contributed by atoms with van der Waals surface area (Å²) < 4.78 is 2.60. The second-order valence-electron chi connectivity index (χ2n) is 4.28. The average Bonchev–Trinajstić information content (AvgIpc) is 3.04. The van der Waals surface area contributed by atoms with E-state index in [4.69, 9.17) is 5.11 Å². The first-order valence-corrected chi connectivity index (χ1v) is 8.75. The fourth-order valence-electron chi connectivity index (χ4n) is 1.75. The van der Waals surface area contributed by atoms with Crippen molar-refractivity contribution in [3.63, 3.8) is 0 Å². The SMILES string of the molecule is CCCc1nnc(Sc2nc3ccc(C(=O)O)cc3s2)s1. The molecule has 1 N–H and O–H groups in total. The maximum absolute atomic E-state index is 11.0. The van der Waals surface area contributed by atoms with Gasteiger partial charge in [0.05, 0.1) is 15.8 Å². The summed E-state index contributed by atoms with van der Waals surface area (Å²) in [6, 6.07) is 4.97. The first kappa shape index (κ1) is 14.4. The molecule has 108 valence electrons. The molecule has 0 aliphatic heterocycles. The number of hydrogen-bond donors (Lipinski definition) is 1. The predicted molar refractivity (Wildman–Crippen MR) is 84.6 cm³/mol. The fourth-order valence-corrected chi connectivity index (χ4v) is 5.05. The molecule has 0 radical (unpaired) electrons. The first-order valence-electron chi connectivity index (χ1n) is 6.30. The maximum Gasteiger partial charge on any atom is 0.335 e. The third-order valence-electron chi connectivity index (χ3n) is 2.70. The van der Waals surface area contributed by atoms with Crippen molar-refractivity contribution in [2.75, 3.05) is 0 Å². The molecule has 2 heterocycles. The Labute approximate surface area is 133 Å². The Morgan fingerprint density at radius 1 is 1.29 bits per heavy atom. The zero-order chi connectivity index (χ0) is 14.8. The molecular formula is C13H11N3O2S3. The third-order valence-corrected chi connectivity index (χ3v) is 5.82. The second-order valence-corrected chi connectivity index (χ2v) is 7.87. The molecule has 0 saturated heterocycles. The van der Waals surface area contributed by atoms with Crippen molar-refractivity contribution in [3.8, 4) is 0 Å². The molecule has 0 fully saturated rings. The summed E-state index contributed by atoms with van der Waals surface area (Å²) in [5, 5.41) is 18.3. The molecule has 0 spiro atoms. The number of nitrogens with zero attached hydrogens (tertiary/aromatic N) is 3. The number of carboxylic acids is 1. The number of carboxylic acid groups (broad SMARTS) is 1. The van der Waals surface area contributed by atoms with Gasteiger partial charge in [-0.2, -0.15) is 0 Å². The van der Waals surface area contributed by atoms with Gasteiger partial charge in [-0.15, -0.1) is 21.5 Å². The number of benzene rings is 1. The zero-order valence-electron chi connectivity index (χ0n) is 11.1. The van der Waals surface area contributed by atoms with E-state index in [1.54, 1.807) is 29.5 Å². The van der Waals surface area contributed by atoms with Crippen LogP contribution in [0.15, 0.2) is 26.9 Å². The highest BCUT2D eigenvalue weighted by Crippen LogP contribution is 2.36. The number of hydrogen-bond acceptors (Lipinski definition) is 7. The van der Waals surface area contributed by atoms with Crippen LogP contribution in [-0.4, -0.2) is 26.3 Å². The van der Waals surface area contributed by atoms with Crippen molar-refractivity contribution in [1.29, 1.82) is 0 Å². The van der Waals surface area contributed by atoms with Crippen molar-refractivity contribution in [1.82, 2.24) is 15.2 Å². The predicted octanol–water partition coefficient (Wildman–Crippen LogP) is 3.95. The van der Waals surface area contributed by atoms with Gasteiger partial charge < -0.3 is 5.11 Å². The van der Waals surface area contributed by atoms with Crippen LogP contribution in [0.25, 0.3) is 10.2 Å². The molecular weight excluding hydrogens is 326 g/mol. The minimum atomic E-state index is -0.923. The van der Waals surface area contributed by atoms with Gasteiger partial charge in [-0.25, -0.2) is 9.78 Å². The van der Waals surface area contributed by atoms with Gasteiger partial charge in [0.2, 0.25) is 0 Å². The van der Waals surface area contributed by atoms with E-state index < -0.39 is 5.97 Å². The van der Waals surface area contributed by atoms with Crippen molar-refractivity contribution in [2.24, 2.45) is 0 Å². The number of carbonyl (C=O) groups is 1. The van der Waals surface area contributed by atoms with Crippen LogP contribution in [-0.2, 0) is 6.42 Å². The van der Waals surface area contributed by atoms with Gasteiger partial charge in [-0.3, -0.25) is 0 Å². The van der Waals surface area contributed by atoms with Crippen LogP contribution in [0.4, 0.5) is 0 Å². The smallest absolute Gasteiger partial charge is 0.335 e. The molecule has 8 heteroatoms. The van der Waals surface area contributed by atoms with E-state index in [0.717, 1.165) is 36.7 Å². The Bertz CT molecular complexity index is 797. The quantitative estimate of drug-likeness (QED) is 0.760. The zero-order valence-corrected chi connectivity index (χ0v) is 13.5. The fraction of sp³-hybridized carbons (Fsp3) is 0.231. The lowest BCUT2D eigenvalue weighted by Gasteiger charge is -1.91. The Balaban J connectivity index is 1.84. The summed E-state index contributed by atoms with van der Waals surface area (Å²) in [5.74, 6) is -0.923. The normalized spacial score (nSPS) is 11.1. The second kappa shape index (κ2) is 6.08. The Kier molecular flexibility index (Phi) is 4.18. The van der Waals surface area contributed by atoms with E-state index >= 15 is 0 Å². The Hall–Kier alpha value is -1.51. The van der Waals surface area contributed by atoms with E-state index in [1.807, 2.05) is 0 Å². The van der Waals surface area contributed by atoms with Gasteiger partial charge in [0.1, 0.15) is 5.01 Å². The van der Waals surface area contributed by atoms with Crippen LogP contribution in [0, 0.1) is 0 Å². The molecule has 0 unspecified atom stereocenters. The molecule has 0 bridgehead atoms. The van der Waals surface area contributed by atoms with Gasteiger partial charge in [-0.05, 0) is 36.4 Å². The summed E-state index contributed by atoms with van der Waals surface area (Å²) in [6.07, 6.45) is 2.00. The molecule has 1 aromatic carbocycles. The van der Waals surface area contributed by atoms with E-state index in [9.17, 15) is 4.79 Å². The van der Waals surface area contributed by atoms with Gasteiger partial charge in [0, 0.05) is 6.42 Å². The highest BCUT2D eigenvalue weighted by molar-refractivity contribution is 8.02. The number of aromatic carboxylic acids is 1. The molecule has 0 atom stereocenters. The average molecular weight is 337 g/mol. The largest absolute Gasteiger partial charge is 0.478 e. The van der Waals surface area contributed by atoms with Crippen molar-refractivity contribution >= 4 is 50.6 Å². The Morgan fingerprint density at radius 3 is 2.90 bits per heavy atom. The minimum Gasteiger partial charge on any atom is -0.478 e. The highest BCUT2D eigenvalue weighted by Gasteiger charge is 2.11. The van der Waals surface area contributed by atoms with E-state index in [0.29, 0.717) is 0 Å². The summed E-state index contributed by atoms with van der Waals surface area (Å²) in [6.45, 7) is 2.11. The molecule has 0 amide bonds. The minimum absolute atomic E-state index is 0.281. The van der Waals surface area contributed by atoms with Gasteiger partial charge in [0.25, 0.3) is 0 Å². The lowest BCUT2D eigenvalue weighted by atomic mass is 10.2. The van der Waals surface area contributed by atoms with E-state index in [-0.39, 0.29) is 5.56 Å². The van der Waals surface area contributed by atoms with Crippen LogP contribution in [0.3, 0.4) is 0 Å². The van der Waals surface area contributed by atoms with Crippen molar-refractivity contribution in [2.45, 2.75) is 28.4 Å². The summed E-state index contributed by atoms with van der Waals surface area (Å²) in [4.78, 5) is 15.5. The van der Waals surface area contributed by atoms with Gasteiger partial charge in [-0.1, -0.05) is 18.3 Å². The Morgan fingerprint density at radius 2 is 2.14 bits per heavy atom. The van der Waals surface area contributed by atoms with Crippen LogP contribution in [0.1, 0.15) is 28.7 Å². The van der Waals surface area contributed by atoms with Crippen LogP contribution >= 0.6 is 34.4 Å². The molecule has 3 rings (SSSR count). The number of thiazole rings is 1. The molecule has 0 aliphatic rings. The first-order chi connectivity index (χ1) is 10.2. The number of aryl methyl sites for hydroxylation is 1. The topological polar surface area (TPSA) is 76.0 Å². The number of fused-ring (bicyclic) bond motifs is 1. The van der Waals surface area contributed by atoms with E-state index in [1.165, 1.54) is 23.1 Å². The molecule has 0 aliphatic carbocycles. The molecule has 2 aromatic heterocycles. The standard InChI is InChI=1S/C13H11N3O2S3/c1-2-3-10-15-16-13(20-10)21-12-14-8-5-4-7(11(17)18)6-9(8)19-12/h4-6H,2-3H2,1H3,(H,17,18). The van der Waals surface area contributed by atoms with Gasteiger partial charge >= 0.3 is 5.97 Å². The lowest BCUT2D eigenvalue weighted by Crippen LogP contribution is -1.94. The lowest BCUT2D eigenvalue weighted by molar-refractivity contribution is 0.0697. The van der Waals surface area contributed by atoms with E-state index in [2.05, 4.69) is 22.1 Å². The number of aromatic nitrogens is 3. The van der Waals surface area contributed by atoms with Crippen LogP contribution in [0.5, 0.6) is 0 Å². The summed E-state index contributed by atoms with van der Waals surface area (Å²) >= 11 is 4.54. The molecule has 21 heavy (non-hydrogen) atoms. The molecule has 3 aromatic rings. The van der Waals surface area contributed by atoms with Crippen molar-refractivity contribution < 1.29 is 9.90 Å². The van der Waals surface area contributed by atoms with Crippen LogP contribution < -0.4 is 0 Å². The van der Waals surface area contributed by atoms with Crippen molar-refractivity contribution in [3.05, 3.63) is 28.8 Å². The molecule has 5 nitrogen and oxygen atoms in total.